The smallest absolute Gasteiger partial charge is 0.356 e. The lowest BCUT2D eigenvalue weighted by Crippen LogP contribution is -2.08. The Balaban J connectivity index is 1.64. The normalized spacial score (nSPS) is 19.9. The number of methoxy groups -OCH3 is 1. The molecule has 0 radical (unpaired) electrons. The number of carboxylic acids is 1. The molecular weight excluding hydrogens is 270 g/mol. The van der Waals surface area contributed by atoms with Crippen LogP contribution in [0, 0.1) is 0 Å². The fraction of sp³-hybridized carbons (Fsp3) is 0.267. The Morgan fingerprint density at radius 2 is 2.24 bits per heavy atom. The van der Waals surface area contributed by atoms with Crippen molar-refractivity contribution in [2.45, 2.75) is 18.4 Å². The molecule has 6 heteroatoms. The molecule has 6 nitrogen and oxygen atoms in total. The lowest BCUT2D eigenvalue weighted by Gasteiger charge is -2.06. The van der Waals surface area contributed by atoms with Crippen LogP contribution in [0.2, 0.25) is 0 Å². The molecule has 21 heavy (non-hydrogen) atoms. The monoisotopic (exact) mass is 285 g/mol. The van der Waals surface area contributed by atoms with Crippen molar-refractivity contribution in [1.29, 1.82) is 0 Å². The number of aromatic nitrogens is 2. The molecule has 2 N–H and O–H groups in total. The first-order chi connectivity index (χ1) is 10.2. The number of nitrogens with zero attached hydrogens (tertiary/aromatic N) is 2. The third-order valence-corrected chi connectivity index (χ3v) is 3.52. The molecule has 108 valence electrons. The maximum absolute atomic E-state index is 10.7. The second-order valence-electron chi connectivity index (χ2n) is 4.96. The fourth-order valence-corrected chi connectivity index (χ4v) is 2.30. The van der Waals surface area contributed by atoms with Crippen LogP contribution in [0.1, 0.15) is 28.4 Å². The highest BCUT2D eigenvalue weighted by Gasteiger charge is 2.38. The van der Waals surface area contributed by atoms with E-state index in [9.17, 15) is 4.79 Å². The first-order valence-corrected chi connectivity index (χ1v) is 6.63. The van der Waals surface area contributed by atoms with Gasteiger partial charge < -0.3 is 15.2 Å². The Kier molecular flexibility index (Phi) is 3.43. The van der Waals surface area contributed by atoms with E-state index in [4.69, 9.17) is 9.84 Å². The molecule has 1 aromatic heterocycles. The van der Waals surface area contributed by atoms with Crippen LogP contribution in [0.3, 0.4) is 0 Å². The first-order valence-electron chi connectivity index (χ1n) is 6.63. The molecule has 2 atom stereocenters. The summed E-state index contributed by atoms with van der Waals surface area (Å²) in [6.45, 7) is 0. The molecule has 0 aliphatic heterocycles. The van der Waals surface area contributed by atoms with Gasteiger partial charge in [0.25, 0.3) is 0 Å². The van der Waals surface area contributed by atoms with Crippen molar-refractivity contribution in [1.82, 2.24) is 9.97 Å². The van der Waals surface area contributed by atoms with E-state index >= 15 is 0 Å². The third-order valence-electron chi connectivity index (χ3n) is 3.52. The molecule has 1 aliphatic carbocycles. The minimum absolute atomic E-state index is 0.0549. The van der Waals surface area contributed by atoms with Crippen LogP contribution in [0.15, 0.2) is 36.7 Å². The van der Waals surface area contributed by atoms with Crippen molar-refractivity contribution < 1.29 is 14.6 Å². The van der Waals surface area contributed by atoms with Crippen LogP contribution in [0.25, 0.3) is 0 Å². The Hall–Kier alpha value is -2.63. The average Bonchev–Trinajstić information content (AvgIpc) is 3.27. The van der Waals surface area contributed by atoms with E-state index in [1.807, 2.05) is 18.2 Å². The van der Waals surface area contributed by atoms with Gasteiger partial charge in [-0.05, 0) is 24.1 Å². The van der Waals surface area contributed by atoms with E-state index in [1.165, 1.54) is 18.0 Å². The minimum atomic E-state index is -1.07. The van der Waals surface area contributed by atoms with Crippen molar-refractivity contribution in [3.05, 3.63) is 47.9 Å². The van der Waals surface area contributed by atoms with E-state index in [1.54, 1.807) is 7.11 Å². The number of carbonyl (C=O) groups is 1. The van der Waals surface area contributed by atoms with Crippen molar-refractivity contribution >= 4 is 11.8 Å². The lowest BCUT2D eigenvalue weighted by molar-refractivity contribution is 0.0690. The number of ether oxygens (including phenoxy) is 1. The SMILES string of the molecule is COc1cccc([C@@H]2C[C@H]2Nc2cnc(C(=O)O)cn2)c1. The van der Waals surface area contributed by atoms with Gasteiger partial charge in [0.1, 0.15) is 11.6 Å². The van der Waals surface area contributed by atoms with Gasteiger partial charge >= 0.3 is 5.97 Å². The van der Waals surface area contributed by atoms with Gasteiger partial charge in [-0.15, -0.1) is 0 Å². The number of aromatic carboxylic acids is 1. The summed E-state index contributed by atoms with van der Waals surface area (Å²) in [5.41, 5.74) is 1.17. The summed E-state index contributed by atoms with van der Waals surface area (Å²) in [6.07, 6.45) is 3.72. The van der Waals surface area contributed by atoms with E-state index in [-0.39, 0.29) is 5.69 Å². The predicted molar refractivity (Wildman–Crippen MR) is 76.8 cm³/mol. The van der Waals surface area contributed by atoms with Gasteiger partial charge in [-0.1, -0.05) is 12.1 Å². The summed E-state index contributed by atoms with van der Waals surface area (Å²) < 4.78 is 5.22. The topological polar surface area (TPSA) is 84.3 Å². The van der Waals surface area contributed by atoms with Gasteiger partial charge in [0.15, 0.2) is 5.69 Å². The molecular formula is C15H15N3O3. The minimum Gasteiger partial charge on any atom is -0.497 e. The van der Waals surface area contributed by atoms with Crippen LogP contribution < -0.4 is 10.1 Å². The van der Waals surface area contributed by atoms with Gasteiger partial charge in [0, 0.05) is 12.0 Å². The lowest BCUT2D eigenvalue weighted by atomic mass is 10.1. The third kappa shape index (κ3) is 2.94. The Labute approximate surface area is 121 Å². The zero-order valence-corrected chi connectivity index (χ0v) is 11.5. The summed E-state index contributed by atoms with van der Waals surface area (Å²) in [4.78, 5) is 18.6. The first kappa shape index (κ1) is 13.4. The van der Waals surface area contributed by atoms with Gasteiger partial charge in [0.05, 0.1) is 19.5 Å². The quantitative estimate of drug-likeness (QED) is 0.875. The summed E-state index contributed by atoms with van der Waals surface area (Å²) in [5, 5.41) is 12.0. The summed E-state index contributed by atoms with van der Waals surface area (Å²) in [5.74, 6) is 0.787. The molecule has 0 saturated heterocycles. The molecule has 1 aliphatic rings. The number of carboxylic acid groups (broad SMARTS) is 1. The number of hydrogen-bond acceptors (Lipinski definition) is 5. The van der Waals surface area contributed by atoms with Gasteiger partial charge in [-0.25, -0.2) is 14.8 Å². The maximum Gasteiger partial charge on any atom is 0.356 e. The largest absolute Gasteiger partial charge is 0.497 e. The van der Waals surface area contributed by atoms with Crippen LogP contribution >= 0.6 is 0 Å². The molecule has 1 heterocycles. The number of anilines is 1. The van der Waals surface area contributed by atoms with Crippen LogP contribution in [0.4, 0.5) is 5.82 Å². The zero-order valence-electron chi connectivity index (χ0n) is 11.5. The Morgan fingerprint density at radius 3 is 2.90 bits per heavy atom. The highest BCUT2D eigenvalue weighted by molar-refractivity contribution is 5.84. The van der Waals surface area contributed by atoms with E-state index in [0.29, 0.717) is 17.8 Å². The van der Waals surface area contributed by atoms with E-state index < -0.39 is 5.97 Å². The standard InChI is InChI=1S/C15H15N3O3/c1-21-10-4-2-3-9(5-10)11-6-12(11)18-14-8-16-13(7-17-14)15(19)20/h2-5,7-8,11-12H,6H2,1H3,(H,17,18)(H,19,20)/t11-,12+/m0/s1. The summed E-state index contributed by atoms with van der Waals surface area (Å²) in [6, 6.07) is 8.30. The molecule has 0 amide bonds. The average molecular weight is 285 g/mol. The molecule has 1 aromatic carbocycles. The summed E-state index contributed by atoms with van der Waals surface area (Å²) >= 11 is 0. The highest BCUT2D eigenvalue weighted by Crippen LogP contribution is 2.43. The molecule has 0 spiro atoms. The number of rotatable bonds is 5. The second-order valence-corrected chi connectivity index (χ2v) is 4.96. The van der Waals surface area contributed by atoms with Crippen molar-refractivity contribution in [2.75, 3.05) is 12.4 Å². The Morgan fingerprint density at radius 1 is 1.38 bits per heavy atom. The zero-order chi connectivity index (χ0) is 14.8. The molecule has 0 bridgehead atoms. The Bertz CT molecular complexity index is 657. The van der Waals surface area contributed by atoms with Crippen molar-refractivity contribution in [2.24, 2.45) is 0 Å². The number of benzene rings is 1. The van der Waals surface area contributed by atoms with E-state index in [2.05, 4.69) is 21.4 Å². The van der Waals surface area contributed by atoms with Gasteiger partial charge in [-0.2, -0.15) is 0 Å². The van der Waals surface area contributed by atoms with Crippen LogP contribution in [0.5, 0.6) is 5.75 Å². The number of nitrogens with one attached hydrogen (secondary N) is 1. The second kappa shape index (κ2) is 5.40. The van der Waals surface area contributed by atoms with Gasteiger partial charge in [0.2, 0.25) is 0 Å². The molecule has 3 rings (SSSR count). The van der Waals surface area contributed by atoms with Crippen molar-refractivity contribution in [3.8, 4) is 5.75 Å². The van der Waals surface area contributed by atoms with E-state index in [0.717, 1.165) is 12.2 Å². The molecule has 2 aromatic rings. The maximum atomic E-state index is 10.7. The van der Waals surface area contributed by atoms with Crippen LogP contribution in [-0.4, -0.2) is 34.2 Å². The van der Waals surface area contributed by atoms with Crippen molar-refractivity contribution in [3.63, 3.8) is 0 Å². The highest BCUT2D eigenvalue weighted by atomic mass is 16.5. The van der Waals surface area contributed by atoms with Crippen LogP contribution in [-0.2, 0) is 0 Å². The predicted octanol–water partition coefficient (Wildman–Crippen LogP) is 2.15. The molecule has 0 unspecified atom stereocenters. The summed E-state index contributed by atoms with van der Waals surface area (Å²) in [7, 11) is 1.65. The fourth-order valence-electron chi connectivity index (χ4n) is 2.30. The number of hydrogen-bond donors (Lipinski definition) is 2. The van der Waals surface area contributed by atoms with Gasteiger partial charge in [-0.3, -0.25) is 0 Å². The molecule has 1 saturated carbocycles. The molecule has 1 fully saturated rings.